The Morgan fingerprint density at radius 3 is 2.40 bits per heavy atom. The lowest BCUT2D eigenvalue weighted by Crippen LogP contribution is -2.60. The van der Waals surface area contributed by atoms with Gasteiger partial charge in [-0.05, 0) is 51.0 Å². The fourth-order valence-electron chi connectivity index (χ4n) is 2.23. The van der Waals surface area contributed by atoms with Gasteiger partial charge in [-0.15, -0.1) is 0 Å². The van der Waals surface area contributed by atoms with Crippen molar-refractivity contribution in [2.24, 2.45) is 5.16 Å². The Labute approximate surface area is 118 Å². The molecule has 0 bridgehead atoms. The molecule has 5 nitrogen and oxygen atoms in total. The predicted octanol–water partition coefficient (Wildman–Crippen LogP) is 2.46. The van der Waals surface area contributed by atoms with Gasteiger partial charge in [-0.2, -0.15) is 0 Å². The molecule has 0 spiro atoms. The predicted molar refractivity (Wildman–Crippen MR) is 77.9 cm³/mol. The monoisotopic (exact) mass is 273 g/mol. The third kappa shape index (κ3) is 2.31. The number of allylic oxidation sites excluding steroid dienone is 1. The Morgan fingerprint density at radius 1 is 1.30 bits per heavy atom. The first-order valence-corrected chi connectivity index (χ1v) is 6.45. The maximum Gasteiger partial charge on any atom is 0.264 e. The van der Waals surface area contributed by atoms with Gasteiger partial charge in [-0.3, -0.25) is 14.7 Å². The third-order valence-corrected chi connectivity index (χ3v) is 3.19. The Balaban J connectivity index is 2.48. The van der Waals surface area contributed by atoms with Crippen LogP contribution in [-0.2, 0) is 9.63 Å². The van der Waals surface area contributed by atoms with Crippen LogP contribution in [0.2, 0.25) is 0 Å². The number of β-lactam (4-membered cyclic amide) rings is 1. The van der Waals surface area contributed by atoms with E-state index in [9.17, 15) is 4.79 Å². The summed E-state index contributed by atoms with van der Waals surface area (Å²) < 4.78 is 0. The molecule has 0 unspecified atom stereocenters. The van der Waals surface area contributed by atoms with Crippen molar-refractivity contribution in [1.29, 1.82) is 0 Å². The van der Waals surface area contributed by atoms with Crippen LogP contribution in [0, 0.1) is 0 Å². The number of likely N-dealkylation sites (tertiary alicyclic amines) is 1. The number of pyridine rings is 1. The molecule has 0 aliphatic carbocycles. The van der Waals surface area contributed by atoms with Crippen LogP contribution in [0.4, 0.5) is 0 Å². The number of nitrogens with zero attached hydrogens (tertiary/aromatic N) is 3. The van der Waals surface area contributed by atoms with E-state index in [2.05, 4.69) is 10.1 Å². The van der Waals surface area contributed by atoms with Crippen molar-refractivity contribution in [3.63, 3.8) is 0 Å². The van der Waals surface area contributed by atoms with Gasteiger partial charge in [0, 0.05) is 17.9 Å². The van der Waals surface area contributed by atoms with Crippen molar-refractivity contribution in [3.05, 3.63) is 35.7 Å². The molecule has 1 saturated heterocycles. The lowest BCUT2D eigenvalue weighted by atomic mass is 9.89. The van der Waals surface area contributed by atoms with Gasteiger partial charge in [0.2, 0.25) is 0 Å². The maximum atomic E-state index is 12.4. The van der Waals surface area contributed by atoms with Gasteiger partial charge in [0.05, 0.1) is 5.57 Å². The molecule has 1 fully saturated rings. The maximum absolute atomic E-state index is 12.4. The van der Waals surface area contributed by atoms with E-state index in [1.165, 1.54) is 7.11 Å². The standard InChI is InChI=1S/C15H19N3O2/c1-10(11-6-8-16-9-7-11)12-13(17-20-5)18(14(12)19)15(2,3)4/h6-9H,1-5H3/b12-10-,17-13+. The third-order valence-electron chi connectivity index (χ3n) is 3.19. The van der Waals surface area contributed by atoms with Crippen molar-refractivity contribution in [1.82, 2.24) is 9.88 Å². The highest BCUT2D eigenvalue weighted by Crippen LogP contribution is 2.34. The molecule has 0 saturated carbocycles. The van der Waals surface area contributed by atoms with E-state index in [1.807, 2.05) is 39.8 Å². The first kappa shape index (κ1) is 14.2. The molecule has 5 heteroatoms. The van der Waals surface area contributed by atoms with Crippen LogP contribution in [0.15, 0.2) is 35.3 Å². The van der Waals surface area contributed by atoms with Crippen LogP contribution < -0.4 is 0 Å². The van der Waals surface area contributed by atoms with E-state index in [0.29, 0.717) is 11.4 Å². The molecule has 1 aliphatic rings. The summed E-state index contributed by atoms with van der Waals surface area (Å²) in [7, 11) is 1.48. The summed E-state index contributed by atoms with van der Waals surface area (Å²) in [6.45, 7) is 7.81. The number of amides is 1. The van der Waals surface area contributed by atoms with Crippen LogP contribution in [0.3, 0.4) is 0 Å². The highest BCUT2D eigenvalue weighted by Gasteiger charge is 2.46. The van der Waals surface area contributed by atoms with Crippen LogP contribution in [0.25, 0.3) is 5.57 Å². The number of carbonyl (C=O) groups is 1. The zero-order chi connectivity index (χ0) is 14.9. The van der Waals surface area contributed by atoms with E-state index >= 15 is 0 Å². The van der Waals surface area contributed by atoms with Crippen LogP contribution in [0.1, 0.15) is 33.3 Å². The lowest BCUT2D eigenvalue weighted by molar-refractivity contribution is -0.129. The summed E-state index contributed by atoms with van der Waals surface area (Å²) in [6.07, 6.45) is 3.41. The summed E-state index contributed by atoms with van der Waals surface area (Å²) >= 11 is 0. The van der Waals surface area contributed by atoms with Gasteiger partial charge < -0.3 is 4.84 Å². The molecule has 0 N–H and O–H groups in total. The van der Waals surface area contributed by atoms with Crippen molar-refractivity contribution >= 4 is 17.3 Å². The van der Waals surface area contributed by atoms with Crippen molar-refractivity contribution < 1.29 is 9.63 Å². The van der Waals surface area contributed by atoms with Gasteiger partial charge in [-0.25, -0.2) is 0 Å². The van der Waals surface area contributed by atoms with E-state index in [4.69, 9.17) is 4.84 Å². The van der Waals surface area contributed by atoms with Crippen molar-refractivity contribution in [3.8, 4) is 0 Å². The molecular weight excluding hydrogens is 254 g/mol. The van der Waals surface area contributed by atoms with Crippen LogP contribution in [-0.4, -0.2) is 34.3 Å². The van der Waals surface area contributed by atoms with Gasteiger partial charge in [0.25, 0.3) is 5.91 Å². The number of aromatic nitrogens is 1. The Bertz CT molecular complexity index is 583. The topological polar surface area (TPSA) is 54.8 Å². The van der Waals surface area contributed by atoms with Gasteiger partial charge in [0.1, 0.15) is 7.11 Å². The molecule has 1 amide bonds. The van der Waals surface area contributed by atoms with E-state index in [1.54, 1.807) is 17.3 Å². The van der Waals surface area contributed by atoms with Crippen LogP contribution >= 0.6 is 0 Å². The minimum atomic E-state index is -0.323. The van der Waals surface area contributed by atoms with Gasteiger partial charge in [-0.1, -0.05) is 5.16 Å². The average molecular weight is 273 g/mol. The number of hydrogen-bond donors (Lipinski definition) is 0. The summed E-state index contributed by atoms with van der Waals surface area (Å²) in [5.74, 6) is 0.557. The summed E-state index contributed by atoms with van der Waals surface area (Å²) in [4.78, 5) is 22.9. The van der Waals surface area contributed by atoms with Gasteiger partial charge >= 0.3 is 0 Å². The highest BCUT2D eigenvalue weighted by atomic mass is 16.6. The number of hydrogen-bond acceptors (Lipinski definition) is 4. The minimum absolute atomic E-state index is 0.0254. The first-order valence-electron chi connectivity index (χ1n) is 6.45. The number of rotatable bonds is 2. The normalized spacial score (nSPS) is 19.9. The van der Waals surface area contributed by atoms with Gasteiger partial charge in [0.15, 0.2) is 5.84 Å². The largest absolute Gasteiger partial charge is 0.397 e. The molecule has 1 aromatic heterocycles. The van der Waals surface area contributed by atoms with E-state index in [0.717, 1.165) is 11.1 Å². The highest BCUT2D eigenvalue weighted by molar-refractivity contribution is 6.39. The van der Waals surface area contributed by atoms with E-state index in [-0.39, 0.29) is 11.4 Å². The SMILES string of the molecule is CO/N=C1\C(=C(/C)c2ccncc2)C(=O)N1C(C)(C)C. The second-order valence-electron chi connectivity index (χ2n) is 5.64. The molecule has 1 aromatic rings. The molecule has 20 heavy (non-hydrogen) atoms. The number of amidine groups is 1. The summed E-state index contributed by atoms with van der Waals surface area (Å²) in [6, 6.07) is 3.75. The average Bonchev–Trinajstić information content (AvgIpc) is 2.37. The fourth-order valence-corrected chi connectivity index (χ4v) is 2.23. The van der Waals surface area contributed by atoms with E-state index < -0.39 is 0 Å². The second-order valence-corrected chi connectivity index (χ2v) is 5.64. The Hall–Kier alpha value is -2.17. The van der Waals surface area contributed by atoms with Crippen molar-refractivity contribution in [2.45, 2.75) is 33.2 Å². The number of carbonyl (C=O) groups excluding carboxylic acids is 1. The number of oxime groups is 1. The smallest absolute Gasteiger partial charge is 0.264 e. The summed E-state index contributed by atoms with van der Waals surface area (Å²) in [5, 5.41) is 4.00. The fraction of sp³-hybridized carbons (Fsp3) is 0.400. The summed E-state index contributed by atoms with van der Waals surface area (Å²) in [5.41, 5.74) is 2.12. The lowest BCUT2D eigenvalue weighted by Gasteiger charge is -2.44. The van der Waals surface area contributed by atoms with Crippen LogP contribution in [0.5, 0.6) is 0 Å². The zero-order valence-corrected chi connectivity index (χ0v) is 12.5. The molecule has 0 radical (unpaired) electrons. The molecule has 1 aliphatic heterocycles. The Kier molecular flexibility index (Phi) is 3.61. The Morgan fingerprint density at radius 2 is 1.90 bits per heavy atom. The zero-order valence-electron chi connectivity index (χ0n) is 12.5. The molecule has 106 valence electrons. The molecule has 2 heterocycles. The van der Waals surface area contributed by atoms with Crippen molar-refractivity contribution in [2.75, 3.05) is 7.11 Å². The quantitative estimate of drug-likeness (QED) is 0.472. The first-order chi connectivity index (χ1) is 9.38. The molecule has 0 atom stereocenters. The molecule has 2 rings (SSSR count). The molecular formula is C15H19N3O2. The minimum Gasteiger partial charge on any atom is -0.397 e. The second kappa shape index (κ2) is 5.07. The molecule has 0 aromatic carbocycles.